The minimum Gasteiger partial charge on any atom is -0.497 e. The van der Waals surface area contributed by atoms with E-state index in [2.05, 4.69) is 29.6 Å². The first-order chi connectivity index (χ1) is 21.8. The fourth-order valence-corrected chi connectivity index (χ4v) is 6.23. The van der Waals surface area contributed by atoms with Crippen molar-refractivity contribution in [3.05, 3.63) is 102 Å². The summed E-state index contributed by atoms with van der Waals surface area (Å²) in [6.07, 6.45) is -0.517. The largest absolute Gasteiger partial charge is 0.497 e. The highest BCUT2D eigenvalue weighted by Gasteiger charge is 2.50. The maximum atomic E-state index is 13.9. The fourth-order valence-electron chi connectivity index (χ4n) is 6.23. The highest BCUT2D eigenvalue weighted by molar-refractivity contribution is 5.91. The maximum Gasteiger partial charge on any atom is 0.334 e. The molecule has 2 aliphatic rings. The molecule has 0 aromatic heterocycles. The van der Waals surface area contributed by atoms with E-state index in [0.717, 1.165) is 16.7 Å². The first-order valence-electron chi connectivity index (χ1n) is 15.1. The lowest BCUT2D eigenvalue weighted by molar-refractivity contribution is -0.187. The molecule has 2 saturated heterocycles. The number of methoxy groups -OCH3 is 1. The normalized spacial score (nSPS) is 18.6. The van der Waals surface area contributed by atoms with Gasteiger partial charge in [-0.1, -0.05) is 72.8 Å². The van der Waals surface area contributed by atoms with Crippen LogP contribution in [-0.4, -0.2) is 94.7 Å². The molecule has 3 aromatic rings. The quantitative estimate of drug-likeness (QED) is 0.339. The SMILES string of the molecule is COc1ccc(CNC(=O)N2[C@H]3CN(CCC(c4ccccc4)c4ccccc4)C(=O)[C@H](CCC(=O)O)N3C(=O)CN2C)cc1. The van der Waals surface area contributed by atoms with Crippen LogP contribution in [0, 0.1) is 0 Å². The summed E-state index contributed by atoms with van der Waals surface area (Å²) in [7, 11) is 3.25. The Labute approximate surface area is 262 Å². The Morgan fingerprint density at radius 2 is 1.58 bits per heavy atom. The highest BCUT2D eigenvalue weighted by Crippen LogP contribution is 2.32. The molecule has 236 valence electrons. The van der Waals surface area contributed by atoms with Gasteiger partial charge in [-0.05, 0) is 41.7 Å². The second kappa shape index (κ2) is 14.3. The molecular formula is C34H39N5O6. The summed E-state index contributed by atoms with van der Waals surface area (Å²) in [6, 6.07) is 26.1. The summed E-state index contributed by atoms with van der Waals surface area (Å²) in [6.45, 7) is 0.591. The number of benzene rings is 3. The number of carboxylic acids is 1. The van der Waals surface area contributed by atoms with Gasteiger partial charge in [-0.15, -0.1) is 0 Å². The Kier molecular flexibility index (Phi) is 9.99. The lowest BCUT2D eigenvalue weighted by Crippen LogP contribution is -2.76. The van der Waals surface area contributed by atoms with Crippen LogP contribution in [-0.2, 0) is 20.9 Å². The molecule has 0 unspecified atom stereocenters. The number of hydrogen-bond acceptors (Lipinski definition) is 6. The number of nitrogens with one attached hydrogen (secondary N) is 1. The van der Waals surface area contributed by atoms with Crippen molar-refractivity contribution in [2.75, 3.05) is 33.8 Å². The van der Waals surface area contributed by atoms with Crippen LogP contribution < -0.4 is 10.1 Å². The Bertz CT molecular complexity index is 1450. The van der Waals surface area contributed by atoms with Gasteiger partial charge in [-0.25, -0.2) is 14.8 Å². The van der Waals surface area contributed by atoms with Gasteiger partial charge in [0, 0.05) is 32.5 Å². The molecule has 2 fully saturated rings. The molecular weight excluding hydrogens is 574 g/mol. The van der Waals surface area contributed by atoms with E-state index in [1.165, 1.54) is 9.91 Å². The lowest BCUT2D eigenvalue weighted by Gasteiger charge is -2.54. The number of fused-ring (bicyclic) bond motifs is 1. The molecule has 0 saturated carbocycles. The van der Waals surface area contributed by atoms with E-state index in [1.54, 1.807) is 24.1 Å². The van der Waals surface area contributed by atoms with Crippen LogP contribution in [0.5, 0.6) is 5.75 Å². The molecule has 2 N–H and O–H groups in total. The third kappa shape index (κ3) is 7.26. The Hall–Kier alpha value is -4.90. The van der Waals surface area contributed by atoms with Gasteiger partial charge < -0.3 is 25.0 Å². The molecule has 0 aliphatic carbocycles. The topological polar surface area (TPSA) is 123 Å². The molecule has 4 amide bonds. The molecule has 45 heavy (non-hydrogen) atoms. The van der Waals surface area contributed by atoms with Crippen LogP contribution in [0.2, 0.25) is 0 Å². The van der Waals surface area contributed by atoms with Gasteiger partial charge in [0.2, 0.25) is 11.8 Å². The molecule has 2 atom stereocenters. The van der Waals surface area contributed by atoms with Crippen molar-refractivity contribution in [3.8, 4) is 5.75 Å². The van der Waals surface area contributed by atoms with Crippen LogP contribution in [0.4, 0.5) is 4.79 Å². The standard InChI is InChI=1S/C34H39N5O6/c1-36-23-31(40)38-29(17-18-32(41)42)33(43)37(20-19-28(25-9-5-3-6-10-25)26-11-7-4-8-12-26)22-30(38)39(36)34(44)35-21-24-13-15-27(45-2)16-14-24/h3-16,28-30H,17-23H2,1-2H3,(H,35,44)(H,41,42)/t29-,30-/m0/s1. The number of carboxylic acid groups (broad SMARTS) is 1. The minimum absolute atomic E-state index is 0.00950. The molecule has 3 aromatic carbocycles. The number of hydrazine groups is 1. The Balaban J connectivity index is 1.39. The zero-order valence-electron chi connectivity index (χ0n) is 25.5. The van der Waals surface area contributed by atoms with Crippen molar-refractivity contribution in [1.82, 2.24) is 25.1 Å². The number of rotatable bonds is 11. The van der Waals surface area contributed by atoms with Gasteiger partial charge >= 0.3 is 12.0 Å². The average Bonchev–Trinajstić information content (AvgIpc) is 3.05. The summed E-state index contributed by atoms with van der Waals surface area (Å²) in [5, 5.41) is 15.4. The summed E-state index contributed by atoms with van der Waals surface area (Å²) in [5.41, 5.74) is 3.10. The van der Waals surface area contributed by atoms with Crippen molar-refractivity contribution in [2.24, 2.45) is 0 Å². The van der Waals surface area contributed by atoms with E-state index in [9.17, 15) is 24.3 Å². The average molecular weight is 614 g/mol. The van der Waals surface area contributed by atoms with Gasteiger partial charge in [-0.3, -0.25) is 14.4 Å². The molecule has 0 bridgehead atoms. The van der Waals surface area contributed by atoms with Crippen molar-refractivity contribution in [2.45, 2.75) is 43.9 Å². The van der Waals surface area contributed by atoms with Gasteiger partial charge in [0.25, 0.3) is 0 Å². The van der Waals surface area contributed by atoms with Crippen LogP contribution >= 0.6 is 0 Å². The Morgan fingerprint density at radius 3 is 2.16 bits per heavy atom. The number of piperazine rings is 1. The first kappa shape index (κ1) is 31.5. The van der Waals surface area contributed by atoms with Crippen LogP contribution in [0.3, 0.4) is 0 Å². The summed E-state index contributed by atoms with van der Waals surface area (Å²) in [4.78, 5) is 55.7. The second-order valence-electron chi connectivity index (χ2n) is 11.3. The smallest absolute Gasteiger partial charge is 0.334 e. The molecule has 2 heterocycles. The number of amides is 4. The Morgan fingerprint density at radius 1 is 0.956 bits per heavy atom. The van der Waals surface area contributed by atoms with E-state index < -0.39 is 24.2 Å². The van der Waals surface area contributed by atoms with E-state index >= 15 is 0 Å². The highest BCUT2D eigenvalue weighted by atomic mass is 16.5. The fraction of sp³-hybridized carbons (Fsp3) is 0.353. The van der Waals surface area contributed by atoms with Crippen LogP contribution in [0.1, 0.15) is 41.9 Å². The van der Waals surface area contributed by atoms with Crippen molar-refractivity contribution >= 4 is 23.8 Å². The lowest BCUT2D eigenvalue weighted by atomic mass is 9.88. The minimum atomic E-state index is -1.06. The molecule has 11 nitrogen and oxygen atoms in total. The molecule has 11 heteroatoms. The predicted molar refractivity (Wildman–Crippen MR) is 167 cm³/mol. The molecule has 0 radical (unpaired) electrons. The number of carbonyl (C=O) groups is 4. The monoisotopic (exact) mass is 613 g/mol. The van der Waals surface area contributed by atoms with Crippen molar-refractivity contribution in [3.63, 3.8) is 0 Å². The molecule has 5 rings (SSSR count). The van der Waals surface area contributed by atoms with Crippen molar-refractivity contribution in [1.29, 1.82) is 0 Å². The molecule has 2 aliphatic heterocycles. The summed E-state index contributed by atoms with van der Waals surface area (Å²) >= 11 is 0. The van der Waals surface area contributed by atoms with Crippen LogP contribution in [0.25, 0.3) is 0 Å². The van der Waals surface area contributed by atoms with Gasteiger partial charge in [0.1, 0.15) is 18.0 Å². The predicted octanol–water partition coefficient (Wildman–Crippen LogP) is 3.52. The number of hydrogen-bond donors (Lipinski definition) is 2. The van der Waals surface area contributed by atoms with Crippen molar-refractivity contribution < 1.29 is 29.0 Å². The number of nitrogens with zero attached hydrogens (tertiary/aromatic N) is 4. The van der Waals surface area contributed by atoms with E-state index in [-0.39, 0.29) is 50.2 Å². The van der Waals surface area contributed by atoms with Crippen LogP contribution in [0.15, 0.2) is 84.9 Å². The van der Waals surface area contributed by atoms with E-state index in [4.69, 9.17) is 4.74 Å². The van der Waals surface area contributed by atoms with Gasteiger partial charge in [0.05, 0.1) is 20.2 Å². The number of urea groups is 1. The zero-order chi connectivity index (χ0) is 31.9. The summed E-state index contributed by atoms with van der Waals surface area (Å²) in [5.74, 6) is -0.966. The number of aliphatic carboxylic acids is 1. The third-order valence-corrected chi connectivity index (χ3v) is 8.47. The van der Waals surface area contributed by atoms with Gasteiger partial charge in [0.15, 0.2) is 0 Å². The zero-order valence-corrected chi connectivity index (χ0v) is 25.5. The second-order valence-corrected chi connectivity index (χ2v) is 11.3. The van der Waals surface area contributed by atoms with E-state index in [1.807, 2.05) is 60.7 Å². The van der Waals surface area contributed by atoms with Gasteiger partial charge in [-0.2, -0.15) is 0 Å². The number of likely N-dealkylation sites (N-methyl/N-ethyl adjacent to an activating group) is 1. The first-order valence-corrected chi connectivity index (χ1v) is 15.1. The summed E-state index contributed by atoms with van der Waals surface area (Å²) < 4.78 is 5.21. The van der Waals surface area contributed by atoms with E-state index in [0.29, 0.717) is 18.7 Å². The maximum absolute atomic E-state index is 13.9. The molecule has 0 spiro atoms. The number of ether oxygens (including phenoxy) is 1. The third-order valence-electron chi connectivity index (χ3n) is 8.47. The number of carbonyl (C=O) groups excluding carboxylic acids is 3.